The third-order valence-corrected chi connectivity index (χ3v) is 9.90. The van der Waals surface area contributed by atoms with E-state index in [0.717, 1.165) is 5.08 Å². The van der Waals surface area contributed by atoms with E-state index >= 15 is 0 Å². The average Bonchev–Trinajstić information content (AvgIpc) is 2.83. The molecule has 1 fully saturated rings. The van der Waals surface area contributed by atoms with E-state index in [1.165, 1.54) is 0 Å². The summed E-state index contributed by atoms with van der Waals surface area (Å²) in [5.41, 5.74) is -0.239. The van der Waals surface area contributed by atoms with Crippen molar-refractivity contribution in [3.05, 3.63) is 0 Å². The molecule has 0 saturated carbocycles. The van der Waals surface area contributed by atoms with Gasteiger partial charge >= 0.3 is 0 Å². The fraction of sp³-hybridized carbons (Fsp3) is 0.818. The summed E-state index contributed by atoms with van der Waals surface area (Å²) in [6.07, 6.45) is 0. The van der Waals surface area contributed by atoms with Crippen LogP contribution in [0.25, 0.3) is 0 Å². The van der Waals surface area contributed by atoms with E-state index in [2.05, 4.69) is 0 Å². The molecular weight excluding hydrogens is 427 g/mol. The van der Waals surface area contributed by atoms with Crippen molar-refractivity contribution in [3.8, 4) is 0 Å². The summed E-state index contributed by atoms with van der Waals surface area (Å²) in [6, 6.07) is 0. The molecule has 4 unspecified atom stereocenters. The molecule has 0 radical (unpaired) electrons. The Hall–Kier alpha value is 1.76. The summed E-state index contributed by atoms with van der Waals surface area (Å²) < 4.78 is 11.8. The fourth-order valence-electron chi connectivity index (χ4n) is 1.40. The minimum absolute atomic E-state index is 0.119. The number of halogens is 2. The minimum atomic E-state index is -0.119. The maximum atomic E-state index is 5.95. The van der Waals surface area contributed by atoms with Gasteiger partial charge in [0.05, 0.1) is 20.9 Å². The molecule has 0 bridgehead atoms. The molecule has 1 aliphatic heterocycles. The normalized spacial score (nSPS) is 24.4. The Balaban J connectivity index is 2.53. The zero-order valence-electron chi connectivity index (χ0n) is 11.5. The monoisotopic (exact) mass is 442 g/mol. The molecule has 0 aromatic rings. The van der Waals surface area contributed by atoms with E-state index in [9.17, 15) is 0 Å². The molecule has 1 heterocycles. The van der Waals surface area contributed by atoms with Gasteiger partial charge in [0.1, 0.15) is 0 Å². The first-order valence-corrected chi connectivity index (χ1v) is 11.8. The Bertz CT molecular complexity index is 328. The largest absolute Gasteiger partial charge is 0.472 e. The fourth-order valence-corrected chi connectivity index (χ4v) is 9.50. The molecule has 10 heteroatoms. The summed E-state index contributed by atoms with van der Waals surface area (Å²) in [5.74, 6) is 0.818. The first kappa shape index (κ1) is 20.8. The Labute approximate surface area is 163 Å². The van der Waals surface area contributed by atoms with E-state index in [4.69, 9.17) is 57.1 Å². The zero-order valence-corrected chi connectivity index (χ0v) is 17.9. The molecule has 0 aromatic heterocycles. The Kier molecular flexibility index (Phi) is 11.2. The summed E-state index contributed by atoms with van der Waals surface area (Å²) in [6.45, 7) is 3.52. The number of ether oxygens (including phenoxy) is 2. The molecule has 4 atom stereocenters. The molecule has 21 heavy (non-hydrogen) atoms. The maximum absolute atomic E-state index is 5.95. The van der Waals surface area contributed by atoms with E-state index in [-0.39, 0.29) is 10.9 Å². The lowest BCUT2D eigenvalue weighted by Gasteiger charge is -2.25. The predicted molar refractivity (Wildman–Crippen MR) is 111 cm³/mol. The Morgan fingerprint density at radius 3 is 1.71 bits per heavy atom. The summed E-state index contributed by atoms with van der Waals surface area (Å²) in [7, 11) is 0. The number of hydrogen-bond donors (Lipinski definition) is 0. The van der Waals surface area contributed by atoms with Crippen LogP contribution >= 0.6 is 94.7 Å². The summed E-state index contributed by atoms with van der Waals surface area (Å²) in [5, 5.41) is 2.07. The van der Waals surface area contributed by atoms with Gasteiger partial charge in [-0.25, -0.2) is 0 Å². The van der Waals surface area contributed by atoms with E-state index < -0.39 is 0 Å². The second-order valence-corrected chi connectivity index (χ2v) is 11.4. The second kappa shape index (κ2) is 11.3. The number of thioether (sulfide) groups is 4. The SMILES string of the molecule is CC(=S)OC(CCl)SC1SCSC1SC(CCl)OC(C)=S. The quantitative estimate of drug-likeness (QED) is 0.278. The van der Waals surface area contributed by atoms with Crippen molar-refractivity contribution in [1.29, 1.82) is 0 Å². The van der Waals surface area contributed by atoms with Crippen molar-refractivity contribution in [2.24, 2.45) is 0 Å². The van der Waals surface area contributed by atoms with Crippen molar-refractivity contribution in [2.75, 3.05) is 16.8 Å². The number of rotatable bonds is 8. The predicted octanol–water partition coefficient (Wildman–Crippen LogP) is 5.40. The van der Waals surface area contributed by atoms with Crippen molar-refractivity contribution in [3.63, 3.8) is 0 Å². The Morgan fingerprint density at radius 2 is 1.43 bits per heavy atom. The van der Waals surface area contributed by atoms with Gasteiger partial charge in [-0.3, -0.25) is 0 Å². The van der Waals surface area contributed by atoms with Gasteiger partial charge in [-0.2, -0.15) is 0 Å². The van der Waals surface area contributed by atoms with Crippen LogP contribution in [0.2, 0.25) is 0 Å². The highest BCUT2D eigenvalue weighted by atomic mass is 35.5. The third kappa shape index (κ3) is 8.42. The van der Waals surface area contributed by atoms with Crippen LogP contribution in [0.1, 0.15) is 13.8 Å². The van der Waals surface area contributed by atoms with Gasteiger partial charge in [-0.1, -0.05) is 0 Å². The standard InChI is InChI=1S/C11H16Cl2O2S6/c1-6(16)14-8(3-12)20-10-11(19-5-18-10)21-9(4-13)15-7(2)17/h8-11H,3-5H2,1-2H3. The lowest BCUT2D eigenvalue weighted by molar-refractivity contribution is 0.302. The highest BCUT2D eigenvalue weighted by Crippen LogP contribution is 2.50. The molecule has 0 aromatic carbocycles. The number of thiocarbonyl (C=S) groups is 2. The minimum Gasteiger partial charge on any atom is -0.472 e. The van der Waals surface area contributed by atoms with Crippen LogP contribution in [0.5, 0.6) is 0 Å². The molecule has 0 spiro atoms. The van der Waals surface area contributed by atoms with Gasteiger partial charge in [0.2, 0.25) is 0 Å². The van der Waals surface area contributed by atoms with Crippen LogP contribution in [0.15, 0.2) is 0 Å². The molecule has 122 valence electrons. The third-order valence-electron chi connectivity index (χ3n) is 2.11. The molecule has 0 amide bonds. The lowest BCUT2D eigenvalue weighted by Crippen LogP contribution is -2.22. The van der Waals surface area contributed by atoms with Crippen LogP contribution in [-0.2, 0) is 9.47 Å². The molecule has 1 saturated heterocycles. The summed E-state index contributed by atoms with van der Waals surface area (Å²) in [4.78, 5) is 0. The van der Waals surface area contributed by atoms with Gasteiger partial charge in [0.25, 0.3) is 0 Å². The molecule has 0 N–H and O–H groups in total. The maximum Gasteiger partial charge on any atom is 0.159 e. The van der Waals surface area contributed by atoms with Crippen LogP contribution in [-0.4, -0.2) is 47.0 Å². The first-order chi connectivity index (χ1) is 9.96. The van der Waals surface area contributed by atoms with Gasteiger partial charge < -0.3 is 9.47 Å². The van der Waals surface area contributed by atoms with Gasteiger partial charge in [-0.05, 0) is 24.4 Å². The van der Waals surface area contributed by atoms with E-state index in [1.54, 1.807) is 37.4 Å². The average molecular weight is 444 g/mol. The Morgan fingerprint density at radius 1 is 1.05 bits per heavy atom. The van der Waals surface area contributed by atoms with Crippen LogP contribution in [0, 0.1) is 0 Å². The lowest BCUT2D eigenvalue weighted by atomic mass is 10.8. The summed E-state index contributed by atoms with van der Waals surface area (Å²) >= 11 is 29.0. The molecule has 1 aliphatic rings. The topological polar surface area (TPSA) is 18.5 Å². The highest BCUT2D eigenvalue weighted by molar-refractivity contribution is 8.32. The van der Waals surface area contributed by atoms with Crippen molar-refractivity contribution >= 4 is 105 Å². The highest BCUT2D eigenvalue weighted by Gasteiger charge is 2.34. The number of hydrogen-bond acceptors (Lipinski definition) is 8. The van der Waals surface area contributed by atoms with Crippen LogP contribution < -0.4 is 0 Å². The molecular formula is C11H16Cl2O2S6. The van der Waals surface area contributed by atoms with Gasteiger partial charge in [-0.15, -0.1) is 70.2 Å². The van der Waals surface area contributed by atoms with Crippen molar-refractivity contribution < 1.29 is 9.47 Å². The van der Waals surface area contributed by atoms with Crippen molar-refractivity contribution in [1.82, 2.24) is 0 Å². The molecule has 2 nitrogen and oxygen atoms in total. The van der Waals surface area contributed by atoms with Crippen molar-refractivity contribution in [2.45, 2.75) is 33.9 Å². The zero-order chi connectivity index (χ0) is 15.8. The number of alkyl halides is 2. The van der Waals surface area contributed by atoms with Gasteiger partial charge in [0.15, 0.2) is 21.0 Å². The second-order valence-electron chi connectivity index (χ2n) is 3.85. The van der Waals surface area contributed by atoms with Crippen LogP contribution in [0.4, 0.5) is 0 Å². The molecule has 1 rings (SSSR count). The van der Waals surface area contributed by atoms with Crippen LogP contribution in [0.3, 0.4) is 0 Å². The van der Waals surface area contributed by atoms with E-state index in [1.807, 2.05) is 23.5 Å². The van der Waals surface area contributed by atoms with E-state index in [0.29, 0.717) is 31.0 Å². The van der Waals surface area contributed by atoms with Gasteiger partial charge in [0, 0.05) is 18.9 Å². The smallest absolute Gasteiger partial charge is 0.159 e. The first-order valence-electron chi connectivity index (χ1n) is 5.96. The molecule has 0 aliphatic carbocycles.